The number of phenolic OH excluding ortho intramolecular Hbond substituents is 1. The van der Waals surface area contributed by atoms with E-state index in [9.17, 15) is 18.3 Å². The van der Waals surface area contributed by atoms with Gasteiger partial charge in [-0.15, -0.1) is 11.3 Å². The molecular formula is C24H22N4O5S2. The number of phenols is 1. The summed E-state index contributed by atoms with van der Waals surface area (Å²) in [4.78, 5) is 20.4. The van der Waals surface area contributed by atoms with Crippen LogP contribution in [0.5, 0.6) is 5.75 Å². The van der Waals surface area contributed by atoms with E-state index in [-0.39, 0.29) is 22.9 Å². The molecule has 0 radical (unpaired) electrons. The van der Waals surface area contributed by atoms with Crippen molar-refractivity contribution in [1.29, 1.82) is 0 Å². The van der Waals surface area contributed by atoms with E-state index >= 15 is 0 Å². The van der Waals surface area contributed by atoms with Crippen LogP contribution in [-0.4, -0.2) is 30.3 Å². The Hall–Kier alpha value is -3.80. The molecule has 1 heterocycles. The van der Waals surface area contributed by atoms with Gasteiger partial charge in [0.2, 0.25) is 10.0 Å². The first kappa shape index (κ1) is 24.3. The van der Waals surface area contributed by atoms with Crippen molar-refractivity contribution in [2.75, 3.05) is 0 Å². The van der Waals surface area contributed by atoms with Crippen molar-refractivity contribution in [3.63, 3.8) is 0 Å². The number of thiazole rings is 1. The average molecular weight is 511 g/mol. The van der Waals surface area contributed by atoms with Crippen LogP contribution in [0.1, 0.15) is 29.1 Å². The van der Waals surface area contributed by atoms with Gasteiger partial charge in [0.25, 0.3) is 0 Å². The molecule has 0 amide bonds. The summed E-state index contributed by atoms with van der Waals surface area (Å²) in [5.74, 6) is -0.508. The monoisotopic (exact) mass is 510 g/mol. The molecule has 180 valence electrons. The van der Waals surface area contributed by atoms with Crippen molar-refractivity contribution < 1.29 is 23.2 Å². The topological polar surface area (TPSA) is 144 Å². The normalized spacial score (nSPS) is 13.0. The third kappa shape index (κ3) is 6.01. The summed E-state index contributed by atoms with van der Waals surface area (Å²) in [6.45, 7) is 1.21. The van der Waals surface area contributed by atoms with Crippen molar-refractivity contribution in [3.8, 4) is 5.75 Å². The summed E-state index contributed by atoms with van der Waals surface area (Å²) in [5.41, 5.74) is 7.73. The number of hydrogen-bond donors (Lipinski definition) is 3. The number of rotatable bonds is 8. The summed E-state index contributed by atoms with van der Waals surface area (Å²) < 4.78 is 29.9. The first-order chi connectivity index (χ1) is 16.7. The third-order valence-electron chi connectivity index (χ3n) is 5.00. The number of sulfonamides is 1. The third-order valence-corrected chi connectivity index (χ3v) is 7.53. The Balaban J connectivity index is 1.71. The van der Waals surface area contributed by atoms with E-state index in [2.05, 4.69) is 19.7 Å². The van der Waals surface area contributed by atoms with Crippen molar-refractivity contribution in [2.45, 2.75) is 24.3 Å². The van der Waals surface area contributed by atoms with E-state index in [0.29, 0.717) is 21.7 Å². The highest BCUT2D eigenvalue weighted by Gasteiger charge is 2.23. The van der Waals surface area contributed by atoms with Crippen LogP contribution in [-0.2, 0) is 26.1 Å². The van der Waals surface area contributed by atoms with Crippen LogP contribution < -0.4 is 10.5 Å². The van der Waals surface area contributed by atoms with Gasteiger partial charge < -0.3 is 15.7 Å². The van der Waals surface area contributed by atoms with Crippen LogP contribution in [0.15, 0.2) is 82.8 Å². The van der Waals surface area contributed by atoms with E-state index in [1.165, 1.54) is 30.4 Å². The number of aromatic hydroxyl groups is 1. The zero-order valence-electron chi connectivity index (χ0n) is 18.6. The number of fused-ring (bicyclic) bond motifs is 1. The molecule has 35 heavy (non-hydrogen) atoms. The number of oxime groups is 1. The van der Waals surface area contributed by atoms with Gasteiger partial charge >= 0.3 is 5.97 Å². The second-order valence-electron chi connectivity index (χ2n) is 7.64. The number of amidine groups is 1. The van der Waals surface area contributed by atoms with Gasteiger partial charge in [-0.1, -0.05) is 41.6 Å². The van der Waals surface area contributed by atoms with Crippen LogP contribution in [0.25, 0.3) is 10.2 Å². The van der Waals surface area contributed by atoms with Gasteiger partial charge in [0.15, 0.2) is 5.84 Å². The standard InChI is InChI=1S/C24H22N4O5S2/c1-15(29)33-27-24(25)17-7-5-6-16(12-17)21(28-35(31,32)19-8-3-2-4-9-19)14-23-26-20-11-10-18(30)13-22(20)34-23/h2-13,21,28,30H,14H2,1H3,(H2,25,27). The molecule has 0 saturated carbocycles. The van der Waals surface area contributed by atoms with E-state index in [1.807, 2.05) is 0 Å². The predicted octanol–water partition coefficient (Wildman–Crippen LogP) is 3.45. The number of hydrogen-bond acceptors (Lipinski definition) is 8. The van der Waals surface area contributed by atoms with Crippen LogP contribution in [0.4, 0.5) is 0 Å². The van der Waals surface area contributed by atoms with Gasteiger partial charge in [-0.2, -0.15) is 0 Å². The minimum Gasteiger partial charge on any atom is -0.508 e. The molecule has 4 N–H and O–H groups in total. The number of carbonyl (C=O) groups is 1. The number of carbonyl (C=O) groups excluding carboxylic acids is 1. The molecule has 0 aliphatic carbocycles. The highest BCUT2D eigenvalue weighted by Crippen LogP contribution is 2.30. The number of aromatic nitrogens is 1. The Morgan fingerprint density at radius 2 is 1.91 bits per heavy atom. The molecule has 3 aromatic carbocycles. The maximum Gasteiger partial charge on any atom is 0.332 e. The van der Waals surface area contributed by atoms with E-state index < -0.39 is 22.0 Å². The van der Waals surface area contributed by atoms with Crippen molar-refractivity contribution in [2.24, 2.45) is 10.9 Å². The summed E-state index contributed by atoms with van der Waals surface area (Å²) in [6.07, 6.45) is 0.247. The summed E-state index contributed by atoms with van der Waals surface area (Å²) in [7, 11) is -3.86. The van der Waals surface area contributed by atoms with Crippen LogP contribution in [0.3, 0.4) is 0 Å². The highest BCUT2D eigenvalue weighted by atomic mass is 32.2. The molecule has 0 bridgehead atoms. The summed E-state index contributed by atoms with van der Waals surface area (Å²) >= 11 is 1.37. The van der Waals surface area contributed by atoms with Gasteiger partial charge in [0.1, 0.15) is 5.75 Å². The second kappa shape index (κ2) is 10.2. The SMILES string of the molecule is CC(=O)ON=C(N)c1cccc(C(Cc2nc3ccc(O)cc3s2)NS(=O)(=O)c2ccccc2)c1. The zero-order chi connectivity index (χ0) is 25.0. The fraction of sp³-hybridized carbons (Fsp3) is 0.125. The molecular weight excluding hydrogens is 488 g/mol. The lowest BCUT2D eigenvalue weighted by Gasteiger charge is -2.19. The molecule has 1 unspecified atom stereocenters. The molecule has 0 aliphatic heterocycles. The van der Waals surface area contributed by atoms with E-state index in [1.54, 1.807) is 60.7 Å². The molecule has 4 rings (SSSR count). The molecule has 0 fully saturated rings. The predicted molar refractivity (Wildman–Crippen MR) is 133 cm³/mol. The second-order valence-corrected chi connectivity index (χ2v) is 10.5. The van der Waals surface area contributed by atoms with Crippen molar-refractivity contribution in [3.05, 3.63) is 88.9 Å². The Bertz CT molecular complexity index is 1500. The lowest BCUT2D eigenvalue weighted by atomic mass is 10.0. The maximum absolute atomic E-state index is 13.2. The average Bonchev–Trinajstić information content (AvgIpc) is 3.24. The van der Waals surface area contributed by atoms with E-state index in [4.69, 9.17) is 5.73 Å². The Labute approximate surface area is 205 Å². The van der Waals surface area contributed by atoms with Gasteiger partial charge in [0.05, 0.1) is 26.2 Å². The molecule has 0 saturated heterocycles. The quantitative estimate of drug-likeness (QED) is 0.142. The highest BCUT2D eigenvalue weighted by molar-refractivity contribution is 7.89. The van der Waals surface area contributed by atoms with E-state index in [0.717, 1.165) is 4.70 Å². The van der Waals surface area contributed by atoms with Gasteiger partial charge in [-0.25, -0.2) is 22.9 Å². The van der Waals surface area contributed by atoms with Gasteiger partial charge in [-0.05, 0) is 42.0 Å². The van der Waals surface area contributed by atoms with Crippen molar-refractivity contribution in [1.82, 2.24) is 9.71 Å². The number of nitrogens with two attached hydrogens (primary N) is 1. The minimum atomic E-state index is -3.86. The number of benzene rings is 3. The number of nitrogens with zero attached hydrogens (tertiary/aromatic N) is 2. The van der Waals surface area contributed by atoms with Crippen LogP contribution >= 0.6 is 11.3 Å². The summed E-state index contributed by atoms with van der Waals surface area (Å²) in [6, 6.07) is 19.1. The fourth-order valence-electron chi connectivity index (χ4n) is 3.39. The molecule has 0 spiro atoms. The number of nitrogens with one attached hydrogen (secondary N) is 1. The molecule has 1 aromatic heterocycles. The van der Waals surface area contributed by atoms with Crippen molar-refractivity contribution >= 4 is 43.4 Å². The largest absolute Gasteiger partial charge is 0.508 e. The molecule has 4 aromatic rings. The Morgan fingerprint density at radius 1 is 1.14 bits per heavy atom. The lowest BCUT2D eigenvalue weighted by Crippen LogP contribution is -2.30. The molecule has 9 nitrogen and oxygen atoms in total. The minimum absolute atomic E-state index is 0.0258. The smallest absolute Gasteiger partial charge is 0.332 e. The first-order valence-electron chi connectivity index (χ1n) is 10.5. The van der Waals surface area contributed by atoms with Gasteiger partial charge in [0, 0.05) is 18.9 Å². The molecule has 1 atom stereocenters. The van der Waals surface area contributed by atoms with Crippen LogP contribution in [0, 0.1) is 0 Å². The summed E-state index contributed by atoms with van der Waals surface area (Å²) in [5, 5.41) is 14.1. The zero-order valence-corrected chi connectivity index (χ0v) is 20.2. The van der Waals surface area contributed by atoms with Gasteiger partial charge in [-0.3, -0.25) is 0 Å². The lowest BCUT2D eigenvalue weighted by molar-refractivity contribution is -0.140. The first-order valence-corrected chi connectivity index (χ1v) is 12.8. The molecule has 11 heteroatoms. The molecule has 0 aliphatic rings. The van der Waals surface area contributed by atoms with Crippen LogP contribution in [0.2, 0.25) is 0 Å². The fourth-order valence-corrected chi connectivity index (χ4v) is 5.68. The maximum atomic E-state index is 13.2. The Kier molecular flexibility index (Phi) is 7.10. The Morgan fingerprint density at radius 3 is 2.66 bits per heavy atom.